The summed E-state index contributed by atoms with van der Waals surface area (Å²) in [6.07, 6.45) is 6.18. The van der Waals surface area contributed by atoms with Crippen molar-refractivity contribution in [1.82, 2.24) is 14.9 Å². The minimum Gasteiger partial charge on any atom is -0.489 e. The minimum absolute atomic E-state index is 0.165. The van der Waals surface area contributed by atoms with Crippen LogP contribution >= 0.6 is 22.6 Å². The second-order valence-electron chi connectivity index (χ2n) is 7.91. The van der Waals surface area contributed by atoms with Gasteiger partial charge in [-0.15, -0.1) is 0 Å². The molecule has 0 spiro atoms. The van der Waals surface area contributed by atoms with Gasteiger partial charge in [0.15, 0.2) is 0 Å². The molecule has 2 fully saturated rings. The lowest BCUT2D eigenvalue weighted by Crippen LogP contribution is -2.39. The first-order chi connectivity index (χ1) is 13.6. The number of hydrogen-bond donors (Lipinski definition) is 0. The Labute approximate surface area is 178 Å². The molecule has 2 aromatic heterocycles. The van der Waals surface area contributed by atoms with E-state index in [9.17, 15) is 4.79 Å². The number of carbonyl (C=O) groups is 1. The Morgan fingerprint density at radius 1 is 1.18 bits per heavy atom. The summed E-state index contributed by atoms with van der Waals surface area (Å²) in [4.78, 5) is 26.1. The summed E-state index contributed by atoms with van der Waals surface area (Å²) < 4.78 is 7.07. The number of ether oxygens (including phenoxy) is 1. The molecule has 0 unspecified atom stereocenters. The fraction of sp³-hybridized carbons (Fsp3) is 0.476. The summed E-state index contributed by atoms with van der Waals surface area (Å²) in [6.45, 7) is 4.56. The zero-order valence-corrected chi connectivity index (χ0v) is 18.1. The first-order valence-electron chi connectivity index (χ1n) is 9.93. The minimum atomic E-state index is 0.165. The lowest BCUT2D eigenvalue weighted by Gasteiger charge is -2.33. The molecule has 7 heteroatoms. The fourth-order valence-electron chi connectivity index (χ4n) is 4.15. The smallest absolute Gasteiger partial charge is 0.256 e. The Bertz CT molecular complexity index is 905. The molecular formula is C21H23IN4O2. The molecule has 6 nitrogen and oxygen atoms in total. The second kappa shape index (κ2) is 7.17. The summed E-state index contributed by atoms with van der Waals surface area (Å²) in [5.74, 6) is 2.03. The summed E-state index contributed by atoms with van der Waals surface area (Å²) in [5, 5.41) is 0. The molecule has 3 aliphatic rings. The predicted molar refractivity (Wildman–Crippen MR) is 115 cm³/mol. The Hall–Kier alpha value is -1.90. The van der Waals surface area contributed by atoms with E-state index in [-0.39, 0.29) is 12.0 Å². The van der Waals surface area contributed by atoms with Crippen LogP contribution in [0.15, 0.2) is 24.4 Å². The molecule has 0 bridgehead atoms. The number of aryl methyl sites for hydroxylation is 1. The van der Waals surface area contributed by atoms with Gasteiger partial charge >= 0.3 is 0 Å². The van der Waals surface area contributed by atoms with E-state index in [0.717, 1.165) is 70.9 Å². The van der Waals surface area contributed by atoms with E-state index < -0.39 is 0 Å². The highest BCUT2D eigenvalue weighted by atomic mass is 127. The van der Waals surface area contributed by atoms with Crippen molar-refractivity contribution in [3.05, 3.63) is 44.9 Å². The van der Waals surface area contributed by atoms with Crippen LogP contribution in [0.5, 0.6) is 5.75 Å². The second-order valence-corrected chi connectivity index (χ2v) is 9.01. The third kappa shape index (κ3) is 3.44. The molecule has 0 aromatic carbocycles. The van der Waals surface area contributed by atoms with Crippen LogP contribution < -0.4 is 9.64 Å². The van der Waals surface area contributed by atoms with Crippen LogP contribution in [0.1, 0.15) is 47.3 Å². The fourth-order valence-corrected chi connectivity index (χ4v) is 4.46. The standard InChI is InChI=1S/C21H23IN4O2/c1-13-10-17-18(12-26(21(17)27)14-2-3-14)24-20(13)25-8-6-15(7-9-25)28-16-4-5-19(22)23-11-16/h4-5,10-11,14-15H,2-3,6-9,12H2,1H3. The number of amides is 1. The molecule has 1 saturated carbocycles. The van der Waals surface area contributed by atoms with Gasteiger partial charge in [0.1, 0.15) is 21.4 Å². The zero-order valence-electron chi connectivity index (χ0n) is 15.9. The maximum absolute atomic E-state index is 12.6. The Kier molecular flexibility index (Phi) is 4.65. The lowest BCUT2D eigenvalue weighted by molar-refractivity contribution is 0.0766. The Morgan fingerprint density at radius 2 is 1.96 bits per heavy atom. The first-order valence-corrected chi connectivity index (χ1v) is 11.0. The number of nitrogens with zero attached hydrogens (tertiary/aromatic N) is 4. The van der Waals surface area contributed by atoms with Crippen LogP contribution in [-0.2, 0) is 6.54 Å². The van der Waals surface area contributed by atoms with Crippen LogP contribution in [-0.4, -0.2) is 46.0 Å². The highest BCUT2D eigenvalue weighted by Crippen LogP contribution is 2.36. The van der Waals surface area contributed by atoms with Gasteiger partial charge in [-0.05, 0) is 66.1 Å². The van der Waals surface area contributed by atoms with Crippen molar-refractivity contribution in [3.8, 4) is 5.75 Å². The van der Waals surface area contributed by atoms with Crippen LogP contribution in [0.4, 0.5) is 5.82 Å². The molecule has 1 aliphatic carbocycles. The van der Waals surface area contributed by atoms with Crippen molar-refractivity contribution >= 4 is 34.3 Å². The average molecular weight is 490 g/mol. The van der Waals surface area contributed by atoms with Crippen molar-refractivity contribution in [2.75, 3.05) is 18.0 Å². The molecule has 1 amide bonds. The molecule has 28 heavy (non-hydrogen) atoms. The van der Waals surface area contributed by atoms with Crippen molar-refractivity contribution in [2.45, 2.75) is 51.3 Å². The molecular weight excluding hydrogens is 467 g/mol. The number of carbonyl (C=O) groups excluding carboxylic acids is 1. The Balaban J connectivity index is 1.26. The molecule has 0 N–H and O–H groups in total. The van der Waals surface area contributed by atoms with Gasteiger partial charge in [-0.1, -0.05) is 0 Å². The van der Waals surface area contributed by atoms with E-state index in [4.69, 9.17) is 9.72 Å². The van der Waals surface area contributed by atoms with E-state index >= 15 is 0 Å². The third-order valence-corrected chi connectivity index (χ3v) is 6.45. The average Bonchev–Trinajstić information content (AvgIpc) is 3.49. The highest BCUT2D eigenvalue weighted by molar-refractivity contribution is 14.1. The molecule has 5 rings (SSSR count). The maximum atomic E-state index is 12.6. The van der Waals surface area contributed by atoms with Gasteiger partial charge in [-0.25, -0.2) is 9.97 Å². The largest absolute Gasteiger partial charge is 0.489 e. The normalized spacial score (nSPS) is 19.9. The molecule has 1 saturated heterocycles. The van der Waals surface area contributed by atoms with Crippen LogP contribution in [0.25, 0.3) is 0 Å². The van der Waals surface area contributed by atoms with E-state index in [1.54, 1.807) is 6.20 Å². The molecule has 146 valence electrons. The number of halogens is 1. The number of anilines is 1. The van der Waals surface area contributed by atoms with E-state index in [1.165, 1.54) is 0 Å². The van der Waals surface area contributed by atoms with Crippen LogP contribution in [0.2, 0.25) is 0 Å². The number of rotatable bonds is 4. The van der Waals surface area contributed by atoms with Crippen molar-refractivity contribution < 1.29 is 9.53 Å². The third-order valence-electron chi connectivity index (χ3n) is 5.81. The zero-order chi connectivity index (χ0) is 19.3. The van der Waals surface area contributed by atoms with E-state index in [1.807, 2.05) is 23.1 Å². The van der Waals surface area contributed by atoms with Crippen LogP contribution in [0, 0.1) is 10.6 Å². The molecule has 4 heterocycles. The number of aromatic nitrogens is 2. The monoisotopic (exact) mass is 490 g/mol. The van der Waals surface area contributed by atoms with Gasteiger partial charge in [0.05, 0.1) is 24.0 Å². The van der Waals surface area contributed by atoms with Gasteiger partial charge in [-0.2, -0.15) is 0 Å². The van der Waals surface area contributed by atoms with Gasteiger partial charge in [0.25, 0.3) is 5.91 Å². The van der Waals surface area contributed by atoms with Crippen molar-refractivity contribution in [1.29, 1.82) is 0 Å². The lowest BCUT2D eigenvalue weighted by atomic mass is 10.1. The number of hydrogen-bond acceptors (Lipinski definition) is 5. The number of fused-ring (bicyclic) bond motifs is 1. The topological polar surface area (TPSA) is 58.6 Å². The summed E-state index contributed by atoms with van der Waals surface area (Å²) >= 11 is 2.20. The predicted octanol–water partition coefficient (Wildman–Crippen LogP) is 3.56. The summed E-state index contributed by atoms with van der Waals surface area (Å²) in [7, 11) is 0. The molecule has 2 aromatic rings. The first kappa shape index (κ1) is 18.1. The number of piperidine rings is 1. The highest BCUT2D eigenvalue weighted by Gasteiger charge is 2.39. The quantitative estimate of drug-likeness (QED) is 0.485. The molecule has 0 atom stereocenters. The molecule has 0 radical (unpaired) electrons. The van der Waals surface area contributed by atoms with Crippen molar-refractivity contribution in [3.63, 3.8) is 0 Å². The maximum Gasteiger partial charge on any atom is 0.256 e. The van der Waals surface area contributed by atoms with Gasteiger partial charge in [-0.3, -0.25) is 4.79 Å². The van der Waals surface area contributed by atoms with Gasteiger partial charge in [0, 0.05) is 32.0 Å². The SMILES string of the molecule is Cc1cc2c(nc1N1CCC(Oc3ccc(I)nc3)CC1)CN(C1CC1)C2=O. The van der Waals surface area contributed by atoms with E-state index in [2.05, 4.69) is 39.4 Å². The van der Waals surface area contributed by atoms with Gasteiger partial charge in [0.2, 0.25) is 0 Å². The molecule has 2 aliphatic heterocycles. The summed E-state index contributed by atoms with van der Waals surface area (Å²) in [6, 6.07) is 6.43. The van der Waals surface area contributed by atoms with E-state index in [0.29, 0.717) is 12.6 Å². The Morgan fingerprint density at radius 3 is 2.64 bits per heavy atom. The number of pyridine rings is 2. The van der Waals surface area contributed by atoms with Crippen LogP contribution in [0.3, 0.4) is 0 Å². The van der Waals surface area contributed by atoms with Crippen molar-refractivity contribution in [2.24, 2.45) is 0 Å². The summed E-state index contributed by atoms with van der Waals surface area (Å²) in [5.41, 5.74) is 2.84. The van der Waals surface area contributed by atoms with Gasteiger partial charge < -0.3 is 14.5 Å².